The zero-order valence-electron chi connectivity index (χ0n) is 11.0. The third-order valence-corrected chi connectivity index (χ3v) is 4.72. The second kappa shape index (κ2) is 4.88. The van der Waals surface area contributed by atoms with Crippen LogP contribution in [0.15, 0.2) is 29.4 Å². The van der Waals surface area contributed by atoms with Crippen LogP contribution in [0.25, 0.3) is 0 Å². The molecule has 2 N–H and O–H groups in total. The molecule has 1 aromatic heterocycles. The molecule has 0 amide bonds. The quantitative estimate of drug-likeness (QED) is 0.844. The number of hydrogen-bond donors (Lipinski definition) is 2. The summed E-state index contributed by atoms with van der Waals surface area (Å²) in [6, 6.07) is 5.13. The number of hydrogen-bond acceptors (Lipinski definition) is 5. The van der Waals surface area contributed by atoms with Crippen molar-refractivity contribution in [3.63, 3.8) is 0 Å². The van der Waals surface area contributed by atoms with Gasteiger partial charge in [-0.25, -0.2) is 13.1 Å². The zero-order chi connectivity index (χ0) is 14.2. The average Bonchev–Trinajstić information content (AvgIpc) is 3.04. The van der Waals surface area contributed by atoms with Crippen molar-refractivity contribution in [2.45, 2.75) is 17.9 Å². The Morgan fingerprint density at radius 1 is 1.45 bits per heavy atom. The van der Waals surface area contributed by atoms with E-state index in [1.807, 2.05) is 0 Å². The molecule has 0 unspecified atom stereocenters. The molecule has 106 valence electrons. The summed E-state index contributed by atoms with van der Waals surface area (Å²) in [5.74, 6) is 0.566. The second-order valence-electron chi connectivity index (χ2n) is 4.68. The van der Waals surface area contributed by atoms with Crippen LogP contribution >= 0.6 is 0 Å². The van der Waals surface area contributed by atoms with Gasteiger partial charge in [0.15, 0.2) is 0 Å². The first-order valence-corrected chi connectivity index (χ1v) is 7.74. The largest absolute Gasteiger partial charge is 0.384 e. The van der Waals surface area contributed by atoms with Crippen LogP contribution in [-0.2, 0) is 30.0 Å². The molecule has 2 heterocycles. The summed E-state index contributed by atoms with van der Waals surface area (Å²) < 4.78 is 28.7. The van der Waals surface area contributed by atoms with E-state index in [2.05, 4.69) is 20.2 Å². The minimum atomic E-state index is -3.53. The van der Waals surface area contributed by atoms with Crippen LogP contribution in [0.3, 0.4) is 0 Å². The number of rotatable bonds is 4. The number of sulfonamides is 1. The highest BCUT2D eigenvalue weighted by Crippen LogP contribution is 2.24. The fraction of sp³-hybridized carbons (Fsp3) is 0.333. The highest BCUT2D eigenvalue weighted by atomic mass is 32.2. The van der Waals surface area contributed by atoms with Crippen LogP contribution in [0.1, 0.15) is 11.4 Å². The molecular weight excluding hydrogens is 278 g/mol. The third-order valence-electron chi connectivity index (χ3n) is 3.32. The third kappa shape index (κ3) is 2.39. The molecule has 1 aliphatic heterocycles. The first-order valence-electron chi connectivity index (χ1n) is 6.25. The molecule has 0 bridgehead atoms. The number of aromatic nitrogens is 3. The lowest BCUT2D eigenvalue weighted by Crippen LogP contribution is -2.24. The molecule has 0 fully saturated rings. The fourth-order valence-corrected chi connectivity index (χ4v) is 3.19. The lowest BCUT2D eigenvalue weighted by Gasteiger charge is -2.08. The van der Waals surface area contributed by atoms with Gasteiger partial charge in [0.25, 0.3) is 0 Å². The highest BCUT2D eigenvalue weighted by Gasteiger charge is 2.18. The van der Waals surface area contributed by atoms with E-state index in [1.54, 1.807) is 29.8 Å². The minimum absolute atomic E-state index is 0.119. The van der Waals surface area contributed by atoms with Gasteiger partial charge >= 0.3 is 0 Å². The number of fused-ring (bicyclic) bond motifs is 1. The van der Waals surface area contributed by atoms with E-state index in [9.17, 15) is 8.42 Å². The highest BCUT2D eigenvalue weighted by molar-refractivity contribution is 7.89. The molecule has 0 atom stereocenters. The summed E-state index contributed by atoms with van der Waals surface area (Å²) in [7, 11) is -1.77. The Morgan fingerprint density at radius 3 is 3.05 bits per heavy atom. The van der Waals surface area contributed by atoms with Gasteiger partial charge in [-0.05, 0) is 30.2 Å². The maximum Gasteiger partial charge on any atom is 0.240 e. The van der Waals surface area contributed by atoms with Crippen LogP contribution in [0.4, 0.5) is 5.69 Å². The summed E-state index contributed by atoms with van der Waals surface area (Å²) >= 11 is 0. The van der Waals surface area contributed by atoms with Crippen LogP contribution in [0, 0.1) is 0 Å². The van der Waals surface area contributed by atoms with Gasteiger partial charge in [-0.1, -0.05) is 0 Å². The molecule has 3 rings (SSSR count). The van der Waals surface area contributed by atoms with Gasteiger partial charge in [-0.15, -0.1) is 10.2 Å². The van der Waals surface area contributed by atoms with Crippen molar-refractivity contribution in [3.8, 4) is 0 Å². The molecule has 8 heteroatoms. The smallest absolute Gasteiger partial charge is 0.240 e. The number of aryl methyl sites for hydroxylation is 1. The predicted molar refractivity (Wildman–Crippen MR) is 73.7 cm³/mol. The van der Waals surface area contributed by atoms with E-state index >= 15 is 0 Å². The second-order valence-corrected chi connectivity index (χ2v) is 6.45. The minimum Gasteiger partial charge on any atom is -0.384 e. The van der Waals surface area contributed by atoms with Crippen molar-refractivity contribution in [1.82, 2.24) is 19.5 Å². The van der Waals surface area contributed by atoms with E-state index in [1.165, 1.54) is 6.33 Å². The van der Waals surface area contributed by atoms with E-state index in [0.717, 1.165) is 24.2 Å². The molecule has 0 radical (unpaired) electrons. The van der Waals surface area contributed by atoms with E-state index in [4.69, 9.17) is 0 Å². The molecule has 0 saturated carbocycles. The molecule has 7 nitrogen and oxygen atoms in total. The van der Waals surface area contributed by atoms with Gasteiger partial charge < -0.3 is 9.88 Å². The van der Waals surface area contributed by atoms with Gasteiger partial charge in [-0.2, -0.15) is 0 Å². The normalized spacial score (nSPS) is 14.1. The lowest BCUT2D eigenvalue weighted by atomic mass is 10.2. The van der Waals surface area contributed by atoms with Crippen LogP contribution < -0.4 is 10.0 Å². The lowest BCUT2D eigenvalue weighted by molar-refractivity contribution is 0.577. The van der Waals surface area contributed by atoms with E-state index in [0.29, 0.717) is 5.82 Å². The number of nitrogens with zero attached hydrogens (tertiary/aromatic N) is 3. The molecule has 1 aliphatic rings. The number of anilines is 1. The summed E-state index contributed by atoms with van der Waals surface area (Å²) in [5, 5.41) is 10.8. The van der Waals surface area contributed by atoms with E-state index in [-0.39, 0.29) is 11.4 Å². The SMILES string of the molecule is Cn1cnnc1CNS(=O)(=O)c1ccc2c(c1)CCN2. The van der Waals surface area contributed by atoms with Crippen molar-refractivity contribution in [2.24, 2.45) is 7.05 Å². The fourth-order valence-electron chi connectivity index (χ4n) is 2.16. The Balaban J connectivity index is 1.80. The maximum absolute atomic E-state index is 12.2. The van der Waals surface area contributed by atoms with Gasteiger partial charge in [0.05, 0.1) is 11.4 Å². The first-order chi connectivity index (χ1) is 9.56. The van der Waals surface area contributed by atoms with Gasteiger partial charge in [0.2, 0.25) is 10.0 Å². The summed E-state index contributed by atoms with van der Waals surface area (Å²) in [6.45, 7) is 0.972. The van der Waals surface area contributed by atoms with Gasteiger partial charge in [0, 0.05) is 19.3 Å². The Bertz CT molecular complexity index is 738. The van der Waals surface area contributed by atoms with Gasteiger partial charge in [0.1, 0.15) is 12.2 Å². The van der Waals surface area contributed by atoms with Crippen molar-refractivity contribution < 1.29 is 8.42 Å². The van der Waals surface area contributed by atoms with Crippen LogP contribution in [0.5, 0.6) is 0 Å². The van der Waals surface area contributed by atoms with Crippen LogP contribution in [-0.4, -0.2) is 29.7 Å². The maximum atomic E-state index is 12.2. The van der Waals surface area contributed by atoms with Gasteiger partial charge in [-0.3, -0.25) is 0 Å². The Labute approximate surface area is 117 Å². The average molecular weight is 293 g/mol. The molecular formula is C12H15N5O2S. The molecule has 0 aliphatic carbocycles. The summed E-state index contributed by atoms with van der Waals surface area (Å²) in [6.07, 6.45) is 2.38. The van der Waals surface area contributed by atoms with Crippen molar-refractivity contribution in [3.05, 3.63) is 35.9 Å². The van der Waals surface area contributed by atoms with Crippen molar-refractivity contribution in [1.29, 1.82) is 0 Å². The monoisotopic (exact) mass is 293 g/mol. The standard InChI is InChI=1S/C12H15N5O2S/c1-17-8-14-16-12(17)7-15-20(18,19)10-2-3-11-9(6-10)4-5-13-11/h2-3,6,8,13,15H,4-5,7H2,1H3. The van der Waals surface area contributed by atoms with Crippen molar-refractivity contribution >= 4 is 15.7 Å². The summed E-state index contributed by atoms with van der Waals surface area (Å²) in [5.41, 5.74) is 2.05. The molecule has 20 heavy (non-hydrogen) atoms. The molecule has 2 aromatic rings. The Hall–Kier alpha value is -1.93. The number of benzene rings is 1. The molecule has 1 aromatic carbocycles. The Kier molecular flexibility index (Phi) is 3.19. The predicted octanol–water partition coefficient (Wildman–Crippen LogP) is 0.262. The topological polar surface area (TPSA) is 88.9 Å². The van der Waals surface area contributed by atoms with Crippen molar-refractivity contribution in [2.75, 3.05) is 11.9 Å². The zero-order valence-corrected chi connectivity index (χ0v) is 11.8. The first kappa shape index (κ1) is 13.1. The summed E-state index contributed by atoms with van der Waals surface area (Å²) in [4.78, 5) is 0.280. The van der Waals surface area contributed by atoms with Crippen LogP contribution in [0.2, 0.25) is 0 Å². The Morgan fingerprint density at radius 2 is 2.30 bits per heavy atom. The molecule has 0 saturated heterocycles. The van der Waals surface area contributed by atoms with E-state index < -0.39 is 10.0 Å². The molecule has 0 spiro atoms. The number of nitrogens with one attached hydrogen (secondary N) is 2.